The van der Waals surface area contributed by atoms with E-state index in [9.17, 15) is 4.79 Å². The highest BCUT2D eigenvalue weighted by Gasteiger charge is 2.36. The molecule has 0 aliphatic rings. The molecule has 0 fully saturated rings. The van der Waals surface area contributed by atoms with E-state index in [1.165, 1.54) is 0 Å². The van der Waals surface area contributed by atoms with Crippen molar-refractivity contribution < 1.29 is 4.79 Å². The van der Waals surface area contributed by atoms with Crippen molar-refractivity contribution in [2.75, 3.05) is 13.1 Å². The number of hydrogen-bond donors (Lipinski definition) is 0. The zero-order valence-corrected chi connectivity index (χ0v) is 12.7. The molecule has 0 amide bonds. The SMILES string of the molecule is CCN(CC)C(C)(C)C(=O)c1c(Br)cnn1C. The van der Waals surface area contributed by atoms with Crippen molar-refractivity contribution in [2.24, 2.45) is 7.05 Å². The third-order valence-electron chi connectivity index (χ3n) is 3.22. The summed E-state index contributed by atoms with van der Waals surface area (Å²) in [5, 5.41) is 4.09. The van der Waals surface area contributed by atoms with E-state index in [4.69, 9.17) is 0 Å². The first kappa shape index (κ1) is 14.4. The summed E-state index contributed by atoms with van der Waals surface area (Å²) in [6, 6.07) is 0. The standard InChI is InChI=1S/C12H20BrN3O/c1-6-16(7-2)12(3,4)11(17)10-9(13)8-14-15(10)5/h8H,6-7H2,1-5H3. The van der Waals surface area contributed by atoms with Crippen LogP contribution in [0, 0.1) is 0 Å². The first-order valence-corrected chi connectivity index (χ1v) is 6.62. The van der Waals surface area contributed by atoms with Crippen LogP contribution in [0.5, 0.6) is 0 Å². The summed E-state index contributed by atoms with van der Waals surface area (Å²) < 4.78 is 2.38. The summed E-state index contributed by atoms with van der Waals surface area (Å²) in [6.07, 6.45) is 1.66. The van der Waals surface area contributed by atoms with Crippen molar-refractivity contribution in [2.45, 2.75) is 33.2 Å². The smallest absolute Gasteiger partial charge is 0.201 e. The van der Waals surface area contributed by atoms with E-state index < -0.39 is 5.54 Å². The molecular formula is C12H20BrN3O. The van der Waals surface area contributed by atoms with Crippen LogP contribution in [0.2, 0.25) is 0 Å². The van der Waals surface area contributed by atoms with Gasteiger partial charge in [-0.05, 0) is 42.9 Å². The van der Waals surface area contributed by atoms with Crippen molar-refractivity contribution >= 4 is 21.7 Å². The van der Waals surface area contributed by atoms with Gasteiger partial charge in [-0.1, -0.05) is 13.8 Å². The Bertz CT molecular complexity index is 388. The maximum absolute atomic E-state index is 12.6. The zero-order valence-electron chi connectivity index (χ0n) is 11.1. The van der Waals surface area contributed by atoms with Gasteiger partial charge in [0.2, 0.25) is 5.78 Å². The quantitative estimate of drug-likeness (QED) is 0.784. The van der Waals surface area contributed by atoms with Gasteiger partial charge < -0.3 is 0 Å². The van der Waals surface area contributed by atoms with Gasteiger partial charge in [-0.15, -0.1) is 0 Å². The number of hydrogen-bond acceptors (Lipinski definition) is 3. The number of aryl methyl sites for hydroxylation is 1. The summed E-state index contributed by atoms with van der Waals surface area (Å²) in [4.78, 5) is 14.7. The van der Waals surface area contributed by atoms with Gasteiger partial charge in [-0.3, -0.25) is 14.4 Å². The van der Waals surface area contributed by atoms with Crippen LogP contribution >= 0.6 is 15.9 Å². The Labute approximate surface area is 111 Å². The third-order valence-corrected chi connectivity index (χ3v) is 3.80. The monoisotopic (exact) mass is 301 g/mol. The van der Waals surface area contributed by atoms with Crippen molar-refractivity contribution in [3.63, 3.8) is 0 Å². The molecule has 0 saturated heterocycles. The summed E-state index contributed by atoms with van der Waals surface area (Å²) in [5.74, 6) is 0.0908. The van der Waals surface area contributed by atoms with Gasteiger partial charge in [0.05, 0.1) is 16.2 Å². The molecule has 0 N–H and O–H groups in total. The lowest BCUT2D eigenvalue weighted by atomic mass is 9.94. The van der Waals surface area contributed by atoms with Crippen molar-refractivity contribution in [1.29, 1.82) is 0 Å². The van der Waals surface area contributed by atoms with Gasteiger partial charge in [-0.25, -0.2) is 0 Å². The molecular weight excluding hydrogens is 282 g/mol. The molecule has 1 aromatic heterocycles. The number of carbonyl (C=O) groups excluding carboxylic acids is 1. The van der Waals surface area contributed by atoms with E-state index in [0.29, 0.717) is 5.69 Å². The minimum atomic E-state index is -0.514. The van der Waals surface area contributed by atoms with Crippen molar-refractivity contribution in [3.05, 3.63) is 16.4 Å². The molecule has 0 unspecified atom stereocenters. The summed E-state index contributed by atoms with van der Waals surface area (Å²) >= 11 is 3.38. The molecule has 0 aliphatic carbocycles. The number of halogens is 1. The van der Waals surface area contributed by atoms with Gasteiger partial charge in [-0.2, -0.15) is 5.10 Å². The lowest BCUT2D eigenvalue weighted by Gasteiger charge is -2.35. The largest absolute Gasteiger partial charge is 0.292 e. The molecule has 0 atom stereocenters. The molecule has 5 heteroatoms. The Hall–Kier alpha value is -0.680. The maximum Gasteiger partial charge on any atom is 0.201 e. The highest BCUT2D eigenvalue weighted by atomic mass is 79.9. The minimum absolute atomic E-state index is 0.0908. The first-order valence-electron chi connectivity index (χ1n) is 5.83. The van der Waals surface area contributed by atoms with Gasteiger partial charge in [0.1, 0.15) is 5.69 Å². The molecule has 0 aliphatic heterocycles. The number of likely N-dealkylation sites (N-methyl/N-ethyl adjacent to an activating group) is 1. The van der Waals surface area contributed by atoms with Crippen LogP contribution in [0.3, 0.4) is 0 Å². The number of Topliss-reactive ketones (excluding diaryl/α,β-unsaturated/α-hetero) is 1. The van der Waals surface area contributed by atoms with Crippen LogP contribution in [0.4, 0.5) is 0 Å². The second-order valence-electron chi connectivity index (χ2n) is 4.53. The van der Waals surface area contributed by atoms with Crippen LogP contribution in [0.25, 0.3) is 0 Å². The Morgan fingerprint density at radius 2 is 2.00 bits per heavy atom. The second-order valence-corrected chi connectivity index (χ2v) is 5.38. The average Bonchev–Trinajstić information content (AvgIpc) is 2.59. The van der Waals surface area contributed by atoms with E-state index in [2.05, 4.69) is 39.8 Å². The number of ketones is 1. The zero-order chi connectivity index (χ0) is 13.2. The maximum atomic E-state index is 12.6. The minimum Gasteiger partial charge on any atom is -0.292 e. The molecule has 17 heavy (non-hydrogen) atoms. The van der Waals surface area contributed by atoms with Gasteiger partial charge in [0.15, 0.2) is 0 Å². The molecule has 4 nitrogen and oxygen atoms in total. The summed E-state index contributed by atoms with van der Waals surface area (Å²) in [5.41, 5.74) is 0.113. The Balaban J connectivity index is 3.12. The average molecular weight is 302 g/mol. The molecule has 0 saturated carbocycles. The molecule has 1 rings (SSSR count). The summed E-state index contributed by atoms with van der Waals surface area (Å²) in [7, 11) is 1.79. The molecule has 1 heterocycles. The Morgan fingerprint density at radius 1 is 1.47 bits per heavy atom. The number of carbonyl (C=O) groups is 1. The summed E-state index contributed by atoms with van der Waals surface area (Å²) in [6.45, 7) is 9.76. The molecule has 96 valence electrons. The highest BCUT2D eigenvalue weighted by Crippen LogP contribution is 2.24. The molecule has 0 aromatic carbocycles. The fraction of sp³-hybridized carbons (Fsp3) is 0.667. The topological polar surface area (TPSA) is 38.1 Å². The van der Waals surface area contributed by atoms with Crippen LogP contribution < -0.4 is 0 Å². The normalized spacial score (nSPS) is 12.2. The van der Waals surface area contributed by atoms with E-state index in [-0.39, 0.29) is 5.78 Å². The third kappa shape index (κ3) is 2.60. The molecule has 1 aromatic rings. The number of aromatic nitrogens is 2. The van der Waals surface area contributed by atoms with E-state index in [0.717, 1.165) is 17.6 Å². The number of rotatable bonds is 5. The number of nitrogens with zero attached hydrogens (tertiary/aromatic N) is 3. The predicted molar refractivity (Wildman–Crippen MR) is 72.2 cm³/mol. The van der Waals surface area contributed by atoms with Gasteiger partial charge in [0, 0.05) is 7.05 Å². The highest BCUT2D eigenvalue weighted by molar-refractivity contribution is 9.10. The van der Waals surface area contributed by atoms with Gasteiger partial charge in [0.25, 0.3) is 0 Å². The Kier molecular flexibility index (Phi) is 4.49. The van der Waals surface area contributed by atoms with Crippen LogP contribution in [0.15, 0.2) is 10.7 Å². The fourth-order valence-corrected chi connectivity index (χ4v) is 2.64. The predicted octanol–water partition coefficient (Wildman–Crippen LogP) is 2.49. The molecule has 0 radical (unpaired) electrons. The lowest BCUT2D eigenvalue weighted by Crippen LogP contribution is -2.50. The van der Waals surface area contributed by atoms with E-state index >= 15 is 0 Å². The molecule has 0 bridgehead atoms. The van der Waals surface area contributed by atoms with E-state index in [1.807, 2.05) is 13.8 Å². The van der Waals surface area contributed by atoms with E-state index in [1.54, 1.807) is 17.9 Å². The van der Waals surface area contributed by atoms with Crippen LogP contribution in [-0.2, 0) is 7.05 Å². The lowest BCUT2D eigenvalue weighted by molar-refractivity contribution is 0.0657. The van der Waals surface area contributed by atoms with Gasteiger partial charge >= 0.3 is 0 Å². The van der Waals surface area contributed by atoms with Crippen LogP contribution in [-0.4, -0.2) is 39.1 Å². The second kappa shape index (κ2) is 5.31. The first-order chi connectivity index (χ1) is 7.86. The van der Waals surface area contributed by atoms with Crippen molar-refractivity contribution in [3.8, 4) is 0 Å². The van der Waals surface area contributed by atoms with Crippen molar-refractivity contribution in [1.82, 2.24) is 14.7 Å². The van der Waals surface area contributed by atoms with Crippen LogP contribution in [0.1, 0.15) is 38.2 Å². The Morgan fingerprint density at radius 3 is 2.35 bits per heavy atom. The molecule has 0 spiro atoms. The fourth-order valence-electron chi connectivity index (χ4n) is 2.11.